The van der Waals surface area contributed by atoms with Crippen molar-refractivity contribution in [1.82, 2.24) is 14.7 Å². The van der Waals surface area contributed by atoms with Gasteiger partial charge in [0.25, 0.3) is 5.56 Å². The molecule has 0 saturated carbocycles. The minimum absolute atomic E-state index is 0.111. The van der Waals surface area contributed by atoms with Gasteiger partial charge < -0.3 is 15.3 Å². The van der Waals surface area contributed by atoms with E-state index in [1.807, 2.05) is 21.0 Å². The minimum atomic E-state index is -0.388. The molecule has 7 heteroatoms. The molecule has 108 valence electrons. The molecule has 0 saturated heterocycles. The Kier molecular flexibility index (Phi) is 6.27. The molecular weight excluding hydrogens is 268 g/mol. The number of aliphatic hydroxyl groups excluding tert-OH is 1. The summed E-state index contributed by atoms with van der Waals surface area (Å²) in [4.78, 5) is 13.9. The van der Waals surface area contributed by atoms with Gasteiger partial charge in [-0.25, -0.2) is 4.68 Å². The molecule has 0 aliphatic heterocycles. The molecule has 0 radical (unpaired) electrons. The van der Waals surface area contributed by atoms with E-state index in [1.165, 1.54) is 6.20 Å². The molecule has 0 spiro atoms. The van der Waals surface area contributed by atoms with Crippen LogP contribution in [0.25, 0.3) is 0 Å². The topological polar surface area (TPSA) is 70.4 Å². The van der Waals surface area contributed by atoms with Crippen molar-refractivity contribution < 1.29 is 5.11 Å². The number of nitrogens with one attached hydrogen (secondary N) is 1. The monoisotopic (exact) mass is 288 g/mol. The third kappa shape index (κ3) is 4.81. The predicted molar refractivity (Wildman–Crippen MR) is 76.8 cm³/mol. The number of halogens is 1. The van der Waals surface area contributed by atoms with Gasteiger partial charge in [-0.3, -0.25) is 4.79 Å². The summed E-state index contributed by atoms with van der Waals surface area (Å²) < 4.78 is 1.15. The predicted octanol–water partition coefficient (Wildman–Crippen LogP) is 0.641. The van der Waals surface area contributed by atoms with Crippen LogP contribution in [0, 0.1) is 0 Å². The number of hydrogen-bond acceptors (Lipinski definition) is 5. The lowest BCUT2D eigenvalue weighted by atomic mass is 10.2. The minimum Gasteiger partial charge on any atom is -0.394 e. The van der Waals surface area contributed by atoms with Crippen molar-refractivity contribution in [2.45, 2.75) is 25.9 Å². The summed E-state index contributed by atoms with van der Waals surface area (Å²) in [7, 11) is 4.02. The molecule has 1 atom stereocenters. The standard InChI is InChI=1S/C12H21ClN4O2/c1-9(4-5-16(2)3)15-10-8-14-17(6-7-18)12(19)11(10)13/h8-9,15,18H,4-7H2,1-3H3. The average molecular weight is 289 g/mol. The van der Waals surface area contributed by atoms with Crippen LogP contribution in [0.4, 0.5) is 5.69 Å². The van der Waals surface area contributed by atoms with E-state index in [9.17, 15) is 4.79 Å². The Bertz CT molecular complexity index is 462. The van der Waals surface area contributed by atoms with Crippen LogP contribution in [-0.2, 0) is 6.54 Å². The second-order valence-corrected chi connectivity index (χ2v) is 5.14. The van der Waals surface area contributed by atoms with Crippen LogP contribution >= 0.6 is 11.6 Å². The Morgan fingerprint density at radius 3 is 2.84 bits per heavy atom. The Hall–Kier alpha value is -1.11. The van der Waals surface area contributed by atoms with Crippen LogP contribution in [0.1, 0.15) is 13.3 Å². The van der Waals surface area contributed by atoms with Crippen molar-refractivity contribution in [3.63, 3.8) is 0 Å². The summed E-state index contributed by atoms with van der Waals surface area (Å²) in [5.41, 5.74) is 0.146. The Balaban J connectivity index is 2.74. The quantitative estimate of drug-likeness (QED) is 0.771. The molecule has 2 N–H and O–H groups in total. The number of nitrogens with zero attached hydrogens (tertiary/aromatic N) is 3. The third-order valence-electron chi connectivity index (χ3n) is 2.71. The second-order valence-electron chi connectivity index (χ2n) is 4.76. The fourth-order valence-electron chi connectivity index (χ4n) is 1.61. The first kappa shape index (κ1) is 15.9. The molecule has 1 aromatic heterocycles. The SMILES string of the molecule is CC(CCN(C)C)Nc1cnn(CCO)c(=O)c1Cl. The summed E-state index contributed by atoms with van der Waals surface area (Å²) in [5.74, 6) is 0. The third-order valence-corrected chi connectivity index (χ3v) is 3.07. The van der Waals surface area contributed by atoms with Crippen molar-refractivity contribution in [1.29, 1.82) is 0 Å². The van der Waals surface area contributed by atoms with E-state index in [0.29, 0.717) is 5.69 Å². The molecule has 6 nitrogen and oxygen atoms in total. The number of aromatic nitrogens is 2. The van der Waals surface area contributed by atoms with Crippen LogP contribution in [0.2, 0.25) is 5.02 Å². The molecule has 1 unspecified atom stereocenters. The lowest BCUT2D eigenvalue weighted by molar-refractivity contribution is 0.266. The van der Waals surface area contributed by atoms with Crippen molar-refractivity contribution >= 4 is 17.3 Å². The van der Waals surface area contributed by atoms with Crippen molar-refractivity contribution in [3.05, 3.63) is 21.6 Å². The van der Waals surface area contributed by atoms with E-state index >= 15 is 0 Å². The highest BCUT2D eigenvalue weighted by Crippen LogP contribution is 2.17. The van der Waals surface area contributed by atoms with E-state index in [-0.39, 0.29) is 29.8 Å². The number of anilines is 1. The molecule has 1 aromatic rings. The normalized spacial score (nSPS) is 12.7. The zero-order chi connectivity index (χ0) is 14.4. The van der Waals surface area contributed by atoms with Crippen LogP contribution in [0.3, 0.4) is 0 Å². The molecular formula is C12H21ClN4O2. The number of aliphatic hydroxyl groups is 1. The van der Waals surface area contributed by atoms with E-state index < -0.39 is 0 Å². The van der Waals surface area contributed by atoms with E-state index in [0.717, 1.165) is 17.6 Å². The first-order chi connectivity index (χ1) is 8.95. The lowest BCUT2D eigenvalue weighted by Crippen LogP contribution is -2.28. The average Bonchev–Trinajstić information content (AvgIpc) is 2.36. The van der Waals surface area contributed by atoms with Crippen molar-refractivity contribution in [3.8, 4) is 0 Å². The van der Waals surface area contributed by atoms with Gasteiger partial charge in [-0.15, -0.1) is 0 Å². The van der Waals surface area contributed by atoms with Crippen LogP contribution in [0.15, 0.2) is 11.0 Å². The van der Waals surface area contributed by atoms with Gasteiger partial charge in [-0.05, 0) is 34.0 Å². The summed E-state index contributed by atoms with van der Waals surface area (Å²) in [6, 6.07) is 0.190. The van der Waals surface area contributed by atoms with Crippen LogP contribution < -0.4 is 10.9 Å². The smallest absolute Gasteiger partial charge is 0.287 e. The Morgan fingerprint density at radius 2 is 2.26 bits per heavy atom. The maximum atomic E-state index is 11.8. The van der Waals surface area contributed by atoms with Gasteiger partial charge in [0, 0.05) is 6.04 Å². The molecule has 0 amide bonds. The maximum absolute atomic E-state index is 11.8. The largest absolute Gasteiger partial charge is 0.394 e. The van der Waals surface area contributed by atoms with Crippen molar-refractivity contribution in [2.24, 2.45) is 0 Å². The van der Waals surface area contributed by atoms with Gasteiger partial charge >= 0.3 is 0 Å². The highest BCUT2D eigenvalue weighted by Gasteiger charge is 2.11. The fraction of sp³-hybridized carbons (Fsp3) is 0.667. The Morgan fingerprint density at radius 1 is 1.58 bits per heavy atom. The van der Waals surface area contributed by atoms with Crippen molar-refractivity contribution in [2.75, 3.05) is 32.6 Å². The van der Waals surface area contributed by atoms with Gasteiger partial charge in [0.1, 0.15) is 5.02 Å². The molecule has 0 bridgehead atoms. The molecule has 0 aliphatic carbocycles. The molecule has 1 rings (SSSR count). The van der Waals surface area contributed by atoms with E-state index in [2.05, 4.69) is 15.3 Å². The van der Waals surface area contributed by atoms with Gasteiger partial charge in [-0.2, -0.15) is 5.10 Å². The summed E-state index contributed by atoms with van der Waals surface area (Å²) in [6.07, 6.45) is 2.45. The second kappa shape index (κ2) is 7.47. The fourth-order valence-corrected chi connectivity index (χ4v) is 1.81. The molecule has 0 fully saturated rings. The maximum Gasteiger partial charge on any atom is 0.287 e. The Labute approximate surface area is 118 Å². The zero-order valence-corrected chi connectivity index (χ0v) is 12.3. The highest BCUT2D eigenvalue weighted by atomic mass is 35.5. The van der Waals surface area contributed by atoms with Crippen LogP contribution in [0.5, 0.6) is 0 Å². The first-order valence-corrected chi connectivity index (χ1v) is 6.61. The molecule has 1 heterocycles. The highest BCUT2D eigenvalue weighted by molar-refractivity contribution is 6.32. The number of hydrogen-bond donors (Lipinski definition) is 2. The molecule has 0 aliphatic rings. The van der Waals surface area contributed by atoms with Crippen LogP contribution in [-0.4, -0.2) is 53.1 Å². The van der Waals surface area contributed by atoms with Gasteiger partial charge in [0.15, 0.2) is 0 Å². The zero-order valence-electron chi connectivity index (χ0n) is 11.6. The summed E-state index contributed by atoms with van der Waals surface area (Å²) in [5, 5.41) is 16.1. The van der Waals surface area contributed by atoms with E-state index in [4.69, 9.17) is 16.7 Å². The first-order valence-electron chi connectivity index (χ1n) is 6.23. The summed E-state index contributed by atoms with van der Waals surface area (Å²) in [6.45, 7) is 2.98. The van der Waals surface area contributed by atoms with Gasteiger partial charge in [0.05, 0.1) is 25.0 Å². The summed E-state index contributed by atoms with van der Waals surface area (Å²) >= 11 is 6.01. The molecule has 19 heavy (non-hydrogen) atoms. The van der Waals surface area contributed by atoms with E-state index in [1.54, 1.807) is 0 Å². The van der Waals surface area contributed by atoms with Gasteiger partial charge in [0.2, 0.25) is 0 Å². The number of rotatable bonds is 7. The lowest BCUT2D eigenvalue weighted by Gasteiger charge is -2.18. The van der Waals surface area contributed by atoms with Gasteiger partial charge in [-0.1, -0.05) is 11.6 Å². The molecule has 0 aromatic carbocycles.